The van der Waals surface area contributed by atoms with Crippen molar-refractivity contribution in [2.75, 3.05) is 7.11 Å². The smallest absolute Gasteiger partial charge is 0.306 e. The SMILES string of the molecule is COC1CCCC(OC(=O)CCCC(C)N)C1. The first-order valence-electron chi connectivity index (χ1n) is 6.59. The third kappa shape index (κ3) is 6.03. The summed E-state index contributed by atoms with van der Waals surface area (Å²) in [6.45, 7) is 1.95. The Kier molecular flexibility index (Phi) is 6.52. The number of nitrogens with two attached hydrogens (primary N) is 1. The molecule has 4 nitrogen and oxygen atoms in total. The molecule has 4 heteroatoms. The van der Waals surface area contributed by atoms with E-state index >= 15 is 0 Å². The second-order valence-corrected chi connectivity index (χ2v) is 5.01. The number of hydrogen-bond donors (Lipinski definition) is 1. The van der Waals surface area contributed by atoms with Gasteiger partial charge in [-0.1, -0.05) is 0 Å². The molecule has 1 saturated carbocycles. The lowest BCUT2D eigenvalue weighted by Crippen LogP contribution is -2.29. The summed E-state index contributed by atoms with van der Waals surface area (Å²) in [5, 5.41) is 0. The molecule has 1 aliphatic carbocycles. The minimum Gasteiger partial charge on any atom is -0.462 e. The van der Waals surface area contributed by atoms with Crippen LogP contribution >= 0.6 is 0 Å². The lowest BCUT2D eigenvalue weighted by molar-refractivity contribution is -0.152. The fraction of sp³-hybridized carbons (Fsp3) is 0.923. The Balaban J connectivity index is 2.17. The summed E-state index contributed by atoms with van der Waals surface area (Å²) >= 11 is 0. The molecule has 0 saturated heterocycles. The molecule has 3 unspecified atom stereocenters. The molecule has 1 fully saturated rings. The summed E-state index contributed by atoms with van der Waals surface area (Å²) in [5.41, 5.74) is 5.63. The van der Waals surface area contributed by atoms with Crippen LogP contribution in [0.5, 0.6) is 0 Å². The van der Waals surface area contributed by atoms with E-state index in [1.807, 2.05) is 6.92 Å². The Morgan fingerprint density at radius 1 is 1.41 bits per heavy atom. The van der Waals surface area contributed by atoms with Gasteiger partial charge in [0.1, 0.15) is 6.10 Å². The first kappa shape index (κ1) is 14.5. The fourth-order valence-electron chi connectivity index (χ4n) is 2.24. The summed E-state index contributed by atoms with van der Waals surface area (Å²) < 4.78 is 10.8. The Morgan fingerprint density at radius 2 is 2.12 bits per heavy atom. The van der Waals surface area contributed by atoms with E-state index in [1.54, 1.807) is 7.11 Å². The number of ether oxygens (including phenoxy) is 2. The molecule has 0 aliphatic heterocycles. The maximum Gasteiger partial charge on any atom is 0.306 e. The highest BCUT2D eigenvalue weighted by molar-refractivity contribution is 5.69. The maximum absolute atomic E-state index is 11.6. The zero-order valence-electron chi connectivity index (χ0n) is 11.0. The predicted octanol–water partition coefficient (Wildman–Crippen LogP) is 2.00. The molecule has 0 aromatic carbocycles. The van der Waals surface area contributed by atoms with Crippen LogP contribution in [0, 0.1) is 0 Å². The Labute approximate surface area is 104 Å². The third-order valence-corrected chi connectivity index (χ3v) is 3.25. The van der Waals surface area contributed by atoms with Crippen LogP contribution in [0.4, 0.5) is 0 Å². The van der Waals surface area contributed by atoms with Gasteiger partial charge < -0.3 is 15.2 Å². The molecule has 0 aromatic heterocycles. The Morgan fingerprint density at radius 3 is 2.76 bits per heavy atom. The number of carbonyl (C=O) groups is 1. The first-order valence-corrected chi connectivity index (χ1v) is 6.59. The van der Waals surface area contributed by atoms with Crippen LogP contribution in [-0.2, 0) is 14.3 Å². The lowest BCUT2D eigenvalue weighted by Gasteiger charge is -2.27. The highest BCUT2D eigenvalue weighted by Gasteiger charge is 2.24. The molecule has 3 atom stereocenters. The van der Waals surface area contributed by atoms with Crippen molar-refractivity contribution in [2.24, 2.45) is 5.73 Å². The molecule has 0 spiro atoms. The number of methoxy groups -OCH3 is 1. The molecule has 1 rings (SSSR count). The van der Waals surface area contributed by atoms with Crippen LogP contribution in [0.2, 0.25) is 0 Å². The van der Waals surface area contributed by atoms with Crippen molar-refractivity contribution in [3.05, 3.63) is 0 Å². The van der Waals surface area contributed by atoms with Crippen molar-refractivity contribution in [1.82, 2.24) is 0 Å². The molecule has 0 radical (unpaired) electrons. The van der Waals surface area contributed by atoms with E-state index in [4.69, 9.17) is 15.2 Å². The summed E-state index contributed by atoms with van der Waals surface area (Å²) in [6, 6.07) is 0.162. The van der Waals surface area contributed by atoms with Gasteiger partial charge in [-0.05, 0) is 39.0 Å². The highest BCUT2D eigenvalue weighted by atomic mass is 16.5. The summed E-state index contributed by atoms with van der Waals surface area (Å²) in [5.74, 6) is -0.0904. The van der Waals surface area contributed by atoms with Gasteiger partial charge in [0.05, 0.1) is 6.10 Å². The zero-order valence-corrected chi connectivity index (χ0v) is 11.0. The van der Waals surface area contributed by atoms with Crippen LogP contribution < -0.4 is 5.73 Å². The van der Waals surface area contributed by atoms with Crippen molar-refractivity contribution >= 4 is 5.97 Å². The third-order valence-electron chi connectivity index (χ3n) is 3.25. The quantitative estimate of drug-likeness (QED) is 0.725. The van der Waals surface area contributed by atoms with E-state index in [2.05, 4.69) is 0 Å². The van der Waals surface area contributed by atoms with Gasteiger partial charge in [-0.2, -0.15) is 0 Å². The molecule has 100 valence electrons. The monoisotopic (exact) mass is 243 g/mol. The normalized spacial score (nSPS) is 26.5. The van der Waals surface area contributed by atoms with E-state index in [0.29, 0.717) is 6.42 Å². The van der Waals surface area contributed by atoms with E-state index < -0.39 is 0 Å². The molecular weight excluding hydrogens is 218 g/mol. The van der Waals surface area contributed by atoms with Crippen LogP contribution in [0.15, 0.2) is 0 Å². The van der Waals surface area contributed by atoms with Gasteiger partial charge in [-0.15, -0.1) is 0 Å². The molecule has 17 heavy (non-hydrogen) atoms. The van der Waals surface area contributed by atoms with Gasteiger partial charge in [0.2, 0.25) is 0 Å². The molecular formula is C13H25NO3. The number of esters is 1. The first-order chi connectivity index (χ1) is 8.11. The van der Waals surface area contributed by atoms with Crippen LogP contribution in [0.3, 0.4) is 0 Å². The summed E-state index contributed by atoms with van der Waals surface area (Å²) in [7, 11) is 1.72. The fourth-order valence-corrected chi connectivity index (χ4v) is 2.24. The summed E-state index contributed by atoms with van der Waals surface area (Å²) in [4.78, 5) is 11.6. The van der Waals surface area contributed by atoms with Gasteiger partial charge in [0.25, 0.3) is 0 Å². The second kappa shape index (κ2) is 7.67. The van der Waals surface area contributed by atoms with Crippen molar-refractivity contribution in [3.8, 4) is 0 Å². The lowest BCUT2D eigenvalue weighted by atomic mass is 9.95. The second-order valence-electron chi connectivity index (χ2n) is 5.01. The van der Waals surface area contributed by atoms with E-state index in [-0.39, 0.29) is 24.2 Å². The number of rotatable bonds is 6. The molecule has 1 aliphatic rings. The van der Waals surface area contributed by atoms with Crippen molar-refractivity contribution in [1.29, 1.82) is 0 Å². The average molecular weight is 243 g/mol. The molecule has 0 heterocycles. The van der Waals surface area contributed by atoms with E-state index in [9.17, 15) is 4.79 Å². The van der Waals surface area contributed by atoms with Gasteiger partial charge in [0, 0.05) is 26.0 Å². The topological polar surface area (TPSA) is 61.5 Å². The molecule has 0 aromatic rings. The highest BCUT2D eigenvalue weighted by Crippen LogP contribution is 2.23. The van der Waals surface area contributed by atoms with Crippen molar-refractivity contribution in [2.45, 2.75) is 70.1 Å². The Hall–Kier alpha value is -0.610. The molecule has 0 amide bonds. The molecule has 0 bridgehead atoms. The van der Waals surface area contributed by atoms with Gasteiger partial charge in [-0.3, -0.25) is 4.79 Å². The number of hydrogen-bond acceptors (Lipinski definition) is 4. The van der Waals surface area contributed by atoms with Gasteiger partial charge in [-0.25, -0.2) is 0 Å². The van der Waals surface area contributed by atoms with E-state index in [1.165, 1.54) is 0 Å². The summed E-state index contributed by atoms with van der Waals surface area (Å²) in [6.07, 6.45) is 6.45. The minimum absolute atomic E-state index is 0.0523. The van der Waals surface area contributed by atoms with Gasteiger partial charge >= 0.3 is 5.97 Å². The van der Waals surface area contributed by atoms with Crippen LogP contribution in [0.1, 0.15) is 51.9 Å². The minimum atomic E-state index is -0.0904. The largest absolute Gasteiger partial charge is 0.462 e. The molecule has 2 N–H and O–H groups in total. The van der Waals surface area contributed by atoms with Crippen LogP contribution in [0.25, 0.3) is 0 Å². The predicted molar refractivity (Wildman–Crippen MR) is 66.6 cm³/mol. The van der Waals surface area contributed by atoms with Crippen molar-refractivity contribution in [3.63, 3.8) is 0 Å². The maximum atomic E-state index is 11.6. The van der Waals surface area contributed by atoms with Crippen LogP contribution in [-0.4, -0.2) is 31.3 Å². The average Bonchev–Trinajstić information content (AvgIpc) is 2.28. The zero-order chi connectivity index (χ0) is 12.7. The van der Waals surface area contributed by atoms with E-state index in [0.717, 1.165) is 38.5 Å². The Bertz CT molecular complexity index is 231. The standard InChI is InChI=1S/C13H25NO3/c1-10(14)5-3-8-13(15)17-12-7-4-6-11(9-12)16-2/h10-12H,3-9,14H2,1-2H3. The van der Waals surface area contributed by atoms with Gasteiger partial charge in [0.15, 0.2) is 0 Å². The number of carbonyl (C=O) groups excluding carboxylic acids is 1. The van der Waals surface area contributed by atoms with Crippen molar-refractivity contribution < 1.29 is 14.3 Å².